The number of ether oxygens (including phenoxy) is 2. The van der Waals surface area contributed by atoms with Crippen LogP contribution < -0.4 is 15.1 Å². The van der Waals surface area contributed by atoms with Crippen molar-refractivity contribution in [3.8, 4) is 0 Å². The van der Waals surface area contributed by atoms with Crippen LogP contribution in [0, 0.1) is 5.41 Å². The van der Waals surface area contributed by atoms with E-state index in [2.05, 4.69) is 39.0 Å². The molecule has 3 aromatic rings. The largest absolute Gasteiger partial charge is 0.380 e. The molecule has 0 amide bonds. The van der Waals surface area contributed by atoms with Crippen LogP contribution in [0.25, 0.3) is 10.9 Å². The molecule has 10 nitrogen and oxygen atoms in total. The number of nitrogens with zero attached hydrogens (tertiary/aromatic N) is 7. The highest BCUT2D eigenvalue weighted by atomic mass is 19.1. The Labute approximate surface area is 203 Å². The van der Waals surface area contributed by atoms with Gasteiger partial charge in [-0.25, -0.2) is 14.4 Å². The van der Waals surface area contributed by atoms with Gasteiger partial charge in [0.05, 0.1) is 42.2 Å². The van der Waals surface area contributed by atoms with Crippen LogP contribution in [-0.4, -0.2) is 83.5 Å². The Hall–Kier alpha value is -3.05. The van der Waals surface area contributed by atoms with Crippen LogP contribution in [0.15, 0.2) is 24.5 Å². The first-order valence-electron chi connectivity index (χ1n) is 12.2. The molecule has 186 valence electrons. The van der Waals surface area contributed by atoms with E-state index in [1.54, 1.807) is 19.4 Å². The molecule has 0 radical (unpaired) electrons. The molecule has 0 unspecified atom stereocenters. The lowest BCUT2D eigenvalue weighted by Crippen LogP contribution is -2.66. The van der Waals surface area contributed by atoms with E-state index < -0.39 is 6.17 Å². The molecule has 6 heterocycles. The number of aromatic nitrogens is 5. The molecule has 0 bridgehead atoms. The van der Waals surface area contributed by atoms with E-state index in [9.17, 15) is 4.39 Å². The zero-order chi connectivity index (χ0) is 24.2. The minimum atomic E-state index is -1.07. The molecule has 35 heavy (non-hydrogen) atoms. The lowest BCUT2D eigenvalue weighted by atomic mass is 9.78. The molecule has 3 aliphatic rings. The molecule has 0 saturated carbocycles. The van der Waals surface area contributed by atoms with Gasteiger partial charge in [0, 0.05) is 51.2 Å². The topological polar surface area (TPSA) is 93.5 Å². The average Bonchev–Trinajstić information content (AvgIpc) is 3.16. The molecular weight excluding hydrogens is 451 g/mol. The summed E-state index contributed by atoms with van der Waals surface area (Å²) in [7, 11) is 1.55. The molecule has 6 rings (SSSR count). The fraction of sp³-hybridized carbons (Fsp3) is 0.583. The summed E-state index contributed by atoms with van der Waals surface area (Å²) >= 11 is 0. The van der Waals surface area contributed by atoms with E-state index in [-0.39, 0.29) is 18.7 Å². The number of pyridine rings is 1. The van der Waals surface area contributed by atoms with Crippen molar-refractivity contribution < 1.29 is 13.9 Å². The summed E-state index contributed by atoms with van der Waals surface area (Å²) in [6.07, 6.45) is 2.72. The maximum absolute atomic E-state index is 14.4. The lowest BCUT2D eigenvalue weighted by Gasteiger charge is -2.55. The first kappa shape index (κ1) is 22.4. The van der Waals surface area contributed by atoms with Crippen molar-refractivity contribution in [1.82, 2.24) is 24.7 Å². The zero-order valence-electron chi connectivity index (χ0n) is 20.3. The van der Waals surface area contributed by atoms with Gasteiger partial charge in [-0.1, -0.05) is 0 Å². The number of alkyl halides is 1. The van der Waals surface area contributed by atoms with E-state index in [0.29, 0.717) is 36.0 Å². The zero-order valence-corrected chi connectivity index (χ0v) is 20.3. The quantitative estimate of drug-likeness (QED) is 0.569. The second-order valence-corrected chi connectivity index (χ2v) is 10.2. The van der Waals surface area contributed by atoms with Gasteiger partial charge in [-0.05, 0) is 26.3 Å². The first-order valence-corrected chi connectivity index (χ1v) is 12.2. The highest BCUT2D eigenvalue weighted by Crippen LogP contribution is 2.42. The van der Waals surface area contributed by atoms with Gasteiger partial charge < -0.3 is 24.6 Å². The van der Waals surface area contributed by atoms with Crippen molar-refractivity contribution in [2.45, 2.75) is 38.6 Å². The van der Waals surface area contributed by atoms with Crippen molar-refractivity contribution in [1.29, 1.82) is 0 Å². The number of fused-ring (bicyclic) bond motifs is 1. The Kier molecular flexibility index (Phi) is 5.48. The molecule has 3 aliphatic heterocycles. The number of piperidine rings is 1. The van der Waals surface area contributed by atoms with Crippen molar-refractivity contribution in [3.05, 3.63) is 24.5 Å². The van der Waals surface area contributed by atoms with Gasteiger partial charge in [0.2, 0.25) is 5.95 Å². The van der Waals surface area contributed by atoms with Gasteiger partial charge in [-0.3, -0.25) is 4.68 Å². The van der Waals surface area contributed by atoms with E-state index in [0.717, 1.165) is 43.0 Å². The van der Waals surface area contributed by atoms with Crippen molar-refractivity contribution in [2.24, 2.45) is 5.41 Å². The molecule has 11 heteroatoms. The minimum Gasteiger partial charge on any atom is -0.380 e. The summed E-state index contributed by atoms with van der Waals surface area (Å²) in [6.45, 7) is 8.75. The highest BCUT2D eigenvalue weighted by molar-refractivity contribution is 5.92. The Balaban J connectivity index is 1.23. The van der Waals surface area contributed by atoms with Crippen LogP contribution in [0.2, 0.25) is 0 Å². The maximum Gasteiger partial charge on any atom is 0.227 e. The lowest BCUT2D eigenvalue weighted by molar-refractivity contribution is -0.127. The van der Waals surface area contributed by atoms with Gasteiger partial charge in [-0.15, -0.1) is 0 Å². The van der Waals surface area contributed by atoms with Crippen molar-refractivity contribution >= 4 is 34.3 Å². The predicted octanol–water partition coefficient (Wildman–Crippen LogP) is 2.95. The highest BCUT2D eigenvalue weighted by Gasteiger charge is 2.50. The Morgan fingerprint density at radius 2 is 2.03 bits per heavy atom. The molecule has 2 atom stereocenters. The Bertz CT molecular complexity index is 1220. The number of hydrogen-bond donors (Lipinski definition) is 1. The first-order chi connectivity index (χ1) is 16.9. The second-order valence-electron chi connectivity index (χ2n) is 10.2. The number of nitrogens with one attached hydrogen (secondary N) is 1. The minimum absolute atomic E-state index is 0.207. The molecule has 3 saturated heterocycles. The molecule has 1 N–H and O–H groups in total. The third-order valence-corrected chi connectivity index (χ3v) is 7.20. The standard InChI is InChI=1S/C24H31FN8O2/c1-15(2)33-18-8-21(27-9-16(18)22(30-33)32-11-24(12-32)13-35-14-24)28-20-4-6-26-23(29-20)31-7-5-19(34-3)17(25)10-31/h4,6,8-9,15,17,19H,5,7,10-14H2,1-3H3,(H,26,27,28,29)/t17-,19+/m0/s1. The van der Waals surface area contributed by atoms with E-state index in [1.807, 2.05) is 21.8 Å². The third kappa shape index (κ3) is 3.96. The van der Waals surface area contributed by atoms with Gasteiger partial charge in [0.15, 0.2) is 5.82 Å². The summed E-state index contributed by atoms with van der Waals surface area (Å²) < 4.78 is 27.1. The smallest absolute Gasteiger partial charge is 0.227 e. The number of halogens is 1. The number of hydrogen-bond acceptors (Lipinski definition) is 9. The summed E-state index contributed by atoms with van der Waals surface area (Å²) in [5.74, 6) is 2.75. The molecule has 1 spiro atoms. The molecule has 0 aromatic carbocycles. The second kappa shape index (κ2) is 8.56. The van der Waals surface area contributed by atoms with Crippen LogP contribution in [-0.2, 0) is 9.47 Å². The maximum atomic E-state index is 14.4. The van der Waals surface area contributed by atoms with E-state index in [1.165, 1.54) is 0 Å². The van der Waals surface area contributed by atoms with Crippen LogP contribution in [0.5, 0.6) is 0 Å². The van der Waals surface area contributed by atoms with Gasteiger partial charge in [-0.2, -0.15) is 10.1 Å². The Morgan fingerprint density at radius 3 is 2.71 bits per heavy atom. The van der Waals surface area contributed by atoms with Crippen LogP contribution >= 0.6 is 0 Å². The molecule has 0 aliphatic carbocycles. The average molecular weight is 483 g/mol. The fourth-order valence-electron chi connectivity index (χ4n) is 5.23. The number of methoxy groups -OCH3 is 1. The third-order valence-electron chi connectivity index (χ3n) is 7.20. The van der Waals surface area contributed by atoms with Crippen LogP contribution in [0.1, 0.15) is 26.3 Å². The molecule has 3 aromatic heterocycles. The summed E-state index contributed by atoms with van der Waals surface area (Å²) in [5, 5.41) is 9.27. The SMILES string of the molecule is CO[C@@H]1CCN(c2nccc(Nc3cc4c(cn3)c(N3CC5(COC5)C3)nn4C(C)C)n2)C[C@@H]1F. The molecular formula is C24H31FN8O2. The van der Waals surface area contributed by atoms with E-state index >= 15 is 0 Å². The van der Waals surface area contributed by atoms with Crippen LogP contribution in [0.4, 0.5) is 27.8 Å². The monoisotopic (exact) mass is 482 g/mol. The normalized spacial score (nSPS) is 23.6. The van der Waals surface area contributed by atoms with Gasteiger partial charge in [0.25, 0.3) is 0 Å². The summed E-state index contributed by atoms with van der Waals surface area (Å²) in [6, 6.07) is 4.01. The van der Waals surface area contributed by atoms with E-state index in [4.69, 9.17) is 14.6 Å². The Morgan fingerprint density at radius 1 is 1.20 bits per heavy atom. The number of rotatable bonds is 6. The summed E-state index contributed by atoms with van der Waals surface area (Å²) in [5.41, 5.74) is 1.34. The fourth-order valence-corrected chi connectivity index (χ4v) is 5.23. The van der Waals surface area contributed by atoms with Gasteiger partial charge >= 0.3 is 0 Å². The van der Waals surface area contributed by atoms with Crippen molar-refractivity contribution in [2.75, 3.05) is 61.6 Å². The van der Waals surface area contributed by atoms with Gasteiger partial charge in [0.1, 0.15) is 17.8 Å². The van der Waals surface area contributed by atoms with Crippen LogP contribution in [0.3, 0.4) is 0 Å². The predicted molar refractivity (Wildman–Crippen MR) is 131 cm³/mol. The van der Waals surface area contributed by atoms with Crippen molar-refractivity contribution in [3.63, 3.8) is 0 Å². The summed E-state index contributed by atoms with van der Waals surface area (Å²) in [4.78, 5) is 17.8. The molecule has 3 fully saturated rings. The number of anilines is 4.